The molecule has 0 spiro atoms. The molecule has 0 bridgehead atoms. The molecule has 2 atom stereocenters. The molecule has 2 aromatic carbocycles. The number of methoxy groups -OCH3 is 2. The predicted molar refractivity (Wildman–Crippen MR) is 125 cm³/mol. The van der Waals surface area contributed by atoms with Crippen molar-refractivity contribution in [2.24, 2.45) is 10.9 Å². The van der Waals surface area contributed by atoms with Gasteiger partial charge >= 0.3 is 11.9 Å². The Morgan fingerprint density at radius 2 is 1.65 bits per heavy atom. The highest BCUT2D eigenvalue weighted by Crippen LogP contribution is 2.43. The fraction of sp³-hybridized carbons (Fsp3) is 0.231. The topological polar surface area (TPSA) is 82.8 Å². The van der Waals surface area contributed by atoms with Crippen molar-refractivity contribution in [3.63, 3.8) is 0 Å². The summed E-state index contributed by atoms with van der Waals surface area (Å²) in [7, 11) is 2.58. The maximum atomic E-state index is 13.7. The van der Waals surface area contributed by atoms with Crippen LogP contribution in [0.1, 0.15) is 25.3 Å². The number of aromatic nitrogens is 2. The number of hydrogen-bond donors (Lipinski definition) is 0. The van der Waals surface area contributed by atoms with E-state index in [4.69, 9.17) is 14.6 Å². The highest BCUT2D eigenvalue weighted by atomic mass is 19.1. The zero-order chi connectivity index (χ0) is 24.4. The number of allylic oxidation sites excluding steroid dienone is 1. The Labute approximate surface area is 196 Å². The third-order valence-corrected chi connectivity index (χ3v) is 5.90. The number of hydrogen-bond acceptors (Lipinski definition) is 6. The van der Waals surface area contributed by atoms with Gasteiger partial charge in [0.15, 0.2) is 0 Å². The van der Waals surface area contributed by atoms with Crippen LogP contribution in [0, 0.1) is 11.7 Å². The largest absolute Gasteiger partial charge is 0.468 e. The van der Waals surface area contributed by atoms with E-state index >= 15 is 0 Å². The van der Waals surface area contributed by atoms with Crippen LogP contribution in [0.2, 0.25) is 0 Å². The number of rotatable bonds is 5. The quantitative estimate of drug-likeness (QED) is 0.524. The molecule has 0 fully saturated rings. The normalized spacial score (nSPS) is 17.9. The van der Waals surface area contributed by atoms with Crippen LogP contribution in [0.3, 0.4) is 0 Å². The molecule has 1 aromatic heterocycles. The lowest BCUT2D eigenvalue weighted by atomic mass is 9.75. The molecule has 0 amide bonds. The standard InChI is InChI=1S/C26H24FN3O4/c1-15-21(25(31)33-3)23(22(16(2)28-15)26(32)34-4)20-14-30(19-8-6-5-7-9-19)29-24(20)17-10-12-18(27)13-11-17/h5-14,21,23H,1-4H3. The lowest BCUT2D eigenvalue weighted by Gasteiger charge is -2.30. The van der Waals surface area contributed by atoms with Crippen LogP contribution in [0.5, 0.6) is 0 Å². The number of nitrogens with zero attached hydrogens (tertiary/aromatic N) is 3. The third kappa shape index (κ3) is 4.14. The molecule has 3 aromatic rings. The first-order valence-corrected chi connectivity index (χ1v) is 10.7. The summed E-state index contributed by atoms with van der Waals surface area (Å²) in [5, 5.41) is 4.77. The van der Waals surface area contributed by atoms with Crippen LogP contribution in [-0.4, -0.2) is 41.7 Å². The van der Waals surface area contributed by atoms with Gasteiger partial charge in [-0.3, -0.25) is 9.79 Å². The highest BCUT2D eigenvalue weighted by Gasteiger charge is 2.44. The summed E-state index contributed by atoms with van der Waals surface area (Å²) in [5.74, 6) is -3.14. The molecule has 2 heterocycles. The molecule has 0 saturated heterocycles. The van der Waals surface area contributed by atoms with Crippen LogP contribution >= 0.6 is 0 Å². The van der Waals surface area contributed by atoms with Crippen LogP contribution < -0.4 is 0 Å². The van der Waals surface area contributed by atoms with Gasteiger partial charge in [-0.2, -0.15) is 5.10 Å². The number of aliphatic imine (C=N–C) groups is 1. The van der Waals surface area contributed by atoms with Crippen molar-refractivity contribution in [2.75, 3.05) is 14.2 Å². The van der Waals surface area contributed by atoms with Gasteiger partial charge in [-0.15, -0.1) is 0 Å². The van der Waals surface area contributed by atoms with E-state index in [1.165, 1.54) is 26.4 Å². The van der Waals surface area contributed by atoms with E-state index in [0.717, 1.165) is 5.69 Å². The number of benzene rings is 2. The molecule has 7 nitrogen and oxygen atoms in total. The maximum Gasteiger partial charge on any atom is 0.336 e. The number of halogens is 1. The summed E-state index contributed by atoms with van der Waals surface area (Å²) >= 11 is 0. The van der Waals surface area contributed by atoms with E-state index in [0.29, 0.717) is 28.2 Å². The summed E-state index contributed by atoms with van der Waals surface area (Å²) in [5.41, 5.74) is 3.74. The van der Waals surface area contributed by atoms with E-state index in [2.05, 4.69) is 4.99 Å². The van der Waals surface area contributed by atoms with Gasteiger partial charge in [0.1, 0.15) is 11.7 Å². The van der Waals surface area contributed by atoms with Crippen molar-refractivity contribution in [1.82, 2.24) is 9.78 Å². The molecule has 8 heteroatoms. The highest BCUT2D eigenvalue weighted by molar-refractivity contribution is 6.07. The minimum absolute atomic E-state index is 0.250. The van der Waals surface area contributed by atoms with Crippen molar-refractivity contribution in [2.45, 2.75) is 19.8 Å². The number of ether oxygens (including phenoxy) is 2. The van der Waals surface area contributed by atoms with Gasteiger partial charge < -0.3 is 9.47 Å². The molecule has 4 rings (SSSR count). The van der Waals surface area contributed by atoms with E-state index in [9.17, 15) is 14.0 Å². The van der Waals surface area contributed by atoms with Crippen molar-refractivity contribution in [3.05, 3.63) is 83.4 Å². The molecule has 174 valence electrons. The first-order chi connectivity index (χ1) is 16.3. The van der Waals surface area contributed by atoms with Crippen LogP contribution in [0.4, 0.5) is 4.39 Å². The molecule has 34 heavy (non-hydrogen) atoms. The molecular weight excluding hydrogens is 437 g/mol. The average molecular weight is 461 g/mol. The van der Waals surface area contributed by atoms with E-state index in [-0.39, 0.29) is 11.4 Å². The minimum Gasteiger partial charge on any atom is -0.468 e. The average Bonchev–Trinajstić information content (AvgIpc) is 3.29. The van der Waals surface area contributed by atoms with Crippen molar-refractivity contribution < 1.29 is 23.5 Å². The molecular formula is C26H24FN3O4. The number of carbonyl (C=O) groups excluding carboxylic acids is 2. The summed E-state index contributed by atoms with van der Waals surface area (Å²) in [6, 6.07) is 15.3. The Hall–Kier alpha value is -4.07. The van der Waals surface area contributed by atoms with Crippen molar-refractivity contribution in [1.29, 1.82) is 0 Å². The van der Waals surface area contributed by atoms with Crippen LogP contribution in [0.25, 0.3) is 16.9 Å². The summed E-state index contributed by atoms with van der Waals surface area (Å²) in [6.45, 7) is 3.43. The summed E-state index contributed by atoms with van der Waals surface area (Å²) < 4.78 is 25.5. The second-order valence-corrected chi connectivity index (χ2v) is 7.94. The lowest BCUT2D eigenvalue weighted by molar-refractivity contribution is -0.143. The molecule has 0 aliphatic carbocycles. The van der Waals surface area contributed by atoms with Crippen molar-refractivity contribution in [3.8, 4) is 16.9 Å². The van der Waals surface area contributed by atoms with Gasteiger partial charge in [0.2, 0.25) is 0 Å². The smallest absolute Gasteiger partial charge is 0.336 e. The van der Waals surface area contributed by atoms with E-state index in [1.54, 1.807) is 36.9 Å². The summed E-state index contributed by atoms with van der Waals surface area (Å²) in [6.07, 6.45) is 1.78. The first-order valence-electron chi connectivity index (χ1n) is 10.7. The fourth-order valence-electron chi connectivity index (χ4n) is 4.34. The molecule has 1 aliphatic rings. The van der Waals surface area contributed by atoms with E-state index < -0.39 is 23.8 Å². The molecule has 1 aliphatic heterocycles. The zero-order valence-corrected chi connectivity index (χ0v) is 19.3. The Bertz CT molecular complexity index is 1290. The Balaban J connectivity index is 2.01. The molecule has 0 N–H and O–H groups in total. The van der Waals surface area contributed by atoms with Gasteiger partial charge in [0.25, 0.3) is 0 Å². The van der Waals surface area contributed by atoms with Crippen LogP contribution in [-0.2, 0) is 19.1 Å². The van der Waals surface area contributed by atoms with Gasteiger partial charge in [-0.05, 0) is 50.2 Å². The molecule has 2 unspecified atom stereocenters. The third-order valence-electron chi connectivity index (χ3n) is 5.90. The van der Waals surface area contributed by atoms with Gasteiger partial charge in [0.05, 0.1) is 31.2 Å². The minimum atomic E-state index is -0.865. The van der Waals surface area contributed by atoms with Gasteiger partial charge in [-0.1, -0.05) is 18.2 Å². The second-order valence-electron chi connectivity index (χ2n) is 7.94. The number of esters is 2. The first kappa shape index (κ1) is 23.1. The molecule has 0 radical (unpaired) electrons. The second kappa shape index (κ2) is 9.43. The predicted octanol–water partition coefficient (Wildman–Crippen LogP) is 4.47. The lowest BCUT2D eigenvalue weighted by Crippen LogP contribution is -2.36. The fourth-order valence-corrected chi connectivity index (χ4v) is 4.34. The Kier molecular flexibility index (Phi) is 6.40. The van der Waals surface area contributed by atoms with E-state index in [1.807, 2.05) is 30.3 Å². The maximum absolute atomic E-state index is 13.7. The van der Waals surface area contributed by atoms with Gasteiger partial charge in [-0.25, -0.2) is 13.9 Å². The monoisotopic (exact) mass is 461 g/mol. The van der Waals surface area contributed by atoms with Crippen molar-refractivity contribution >= 4 is 17.7 Å². The number of carbonyl (C=O) groups is 2. The molecule has 0 saturated carbocycles. The summed E-state index contributed by atoms with van der Waals surface area (Å²) in [4.78, 5) is 30.3. The van der Waals surface area contributed by atoms with Gasteiger partial charge in [0, 0.05) is 34.7 Å². The SMILES string of the molecule is COC(=O)C1=C(C)N=C(C)C(C(=O)OC)C1c1cn(-c2ccccc2)nc1-c1ccc(F)cc1. The van der Waals surface area contributed by atoms with Crippen LogP contribution in [0.15, 0.2) is 77.1 Å². The number of para-hydroxylation sites is 1. The zero-order valence-electron chi connectivity index (χ0n) is 19.3. The Morgan fingerprint density at radius 3 is 2.26 bits per heavy atom. The Morgan fingerprint density at radius 1 is 0.971 bits per heavy atom.